The average molecular weight is 604 g/mol. The predicted molar refractivity (Wildman–Crippen MR) is 190 cm³/mol. The van der Waals surface area contributed by atoms with Gasteiger partial charge in [0.2, 0.25) is 0 Å². The van der Waals surface area contributed by atoms with Crippen molar-refractivity contribution in [2.24, 2.45) is 0 Å². The minimum atomic E-state index is 0.209. The maximum Gasteiger partial charge on any atom is 0.164 e. The summed E-state index contributed by atoms with van der Waals surface area (Å²) < 4.78 is 6.09. The molecule has 0 fully saturated rings. The monoisotopic (exact) mass is 603 g/mol. The second-order valence-electron chi connectivity index (χ2n) is 11.6. The molecule has 0 unspecified atom stereocenters. The van der Waals surface area contributed by atoms with Gasteiger partial charge in [0.05, 0.1) is 11.4 Å². The first kappa shape index (κ1) is 26.8. The lowest BCUT2D eigenvalue weighted by molar-refractivity contribution is 0.669. The van der Waals surface area contributed by atoms with Gasteiger partial charge in [0.15, 0.2) is 17.5 Å². The Morgan fingerprint density at radius 3 is 1.94 bits per heavy atom. The number of nitrogens with one attached hydrogen (secondary N) is 2. The van der Waals surface area contributed by atoms with E-state index >= 15 is 0 Å². The molecule has 0 aliphatic heterocycles. The number of hydrogen-bond donors (Lipinski definition) is 2. The molecular weight excluding hydrogens is 578 g/mol. The fraction of sp³-hybridized carbons (Fsp3) is 0. The molecule has 2 aromatic heterocycles. The zero-order valence-corrected chi connectivity index (χ0v) is 25.0. The van der Waals surface area contributed by atoms with E-state index in [2.05, 4.69) is 48.5 Å². The van der Waals surface area contributed by atoms with E-state index in [0.29, 0.717) is 17.5 Å². The molecule has 0 saturated carbocycles. The molecule has 8 aromatic rings. The summed E-state index contributed by atoms with van der Waals surface area (Å²) in [4.78, 5) is 15.1. The number of benzene rings is 6. The number of hydrogen-bond acceptors (Lipinski definition) is 6. The number of nitrogens with zero attached hydrogens (tertiary/aromatic N) is 3. The Bertz CT molecular complexity index is 2620. The first-order chi connectivity index (χ1) is 23.1. The first-order valence-electron chi connectivity index (χ1n) is 15.4. The van der Waals surface area contributed by atoms with Crippen LogP contribution in [-0.2, 0) is 0 Å². The minimum Gasteiger partial charge on any atom is -0.456 e. The summed E-state index contributed by atoms with van der Waals surface area (Å²) in [7, 11) is 0. The molecule has 0 atom stereocenters. The Kier molecular flexibility index (Phi) is 6.01. The summed E-state index contributed by atoms with van der Waals surface area (Å²) in [5.41, 5.74) is 8.59. The van der Waals surface area contributed by atoms with Gasteiger partial charge in [0.1, 0.15) is 11.2 Å². The van der Waals surface area contributed by atoms with Crippen molar-refractivity contribution < 1.29 is 4.42 Å². The summed E-state index contributed by atoms with van der Waals surface area (Å²) in [6.45, 7) is 0. The maximum absolute atomic E-state index is 8.58. The molecule has 0 amide bonds. The molecule has 0 radical (unpaired) electrons. The van der Waals surface area contributed by atoms with Crippen molar-refractivity contribution in [2.75, 3.05) is 0 Å². The Morgan fingerprint density at radius 2 is 1.11 bits per heavy atom. The van der Waals surface area contributed by atoms with Gasteiger partial charge in [-0.2, -0.15) is 0 Å². The minimum absolute atomic E-state index is 0.209. The van der Waals surface area contributed by atoms with Crippen molar-refractivity contribution in [1.29, 1.82) is 10.8 Å². The summed E-state index contributed by atoms with van der Waals surface area (Å²) in [6.07, 6.45) is 3.58. The molecule has 2 N–H and O–H groups in total. The highest BCUT2D eigenvalue weighted by atomic mass is 16.3. The Hall–Kier alpha value is -6.53. The smallest absolute Gasteiger partial charge is 0.164 e. The Morgan fingerprint density at radius 1 is 0.447 bits per heavy atom. The van der Waals surface area contributed by atoms with Crippen LogP contribution in [0.25, 0.3) is 84.1 Å². The third-order valence-corrected chi connectivity index (χ3v) is 8.76. The van der Waals surface area contributed by atoms with E-state index in [4.69, 9.17) is 30.2 Å². The van der Waals surface area contributed by atoms with E-state index in [9.17, 15) is 0 Å². The van der Waals surface area contributed by atoms with Gasteiger partial charge in [-0.05, 0) is 69.9 Å². The Balaban J connectivity index is 1.23. The van der Waals surface area contributed by atoms with Crippen LogP contribution in [0.2, 0.25) is 0 Å². The average Bonchev–Trinajstić information content (AvgIpc) is 3.51. The van der Waals surface area contributed by atoms with Crippen LogP contribution in [0.15, 0.2) is 138 Å². The largest absolute Gasteiger partial charge is 0.456 e. The van der Waals surface area contributed by atoms with E-state index in [0.717, 1.165) is 71.7 Å². The predicted octanol–water partition coefficient (Wildman–Crippen LogP) is 10.0. The topological polar surface area (TPSA) is 99.5 Å². The van der Waals surface area contributed by atoms with Gasteiger partial charge in [0.25, 0.3) is 0 Å². The lowest BCUT2D eigenvalue weighted by atomic mass is 9.89. The molecule has 6 heteroatoms. The van der Waals surface area contributed by atoms with E-state index in [-0.39, 0.29) is 11.4 Å². The van der Waals surface area contributed by atoms with Crippen LogP contribution in [0.4, 0.5) is 0 Å². The number of para-hydroxylation sites is 1. The molecule has 0 saturated heterocycles. The van der Waals surface area contributed by atoms with Gasteiger partial charge in [0, 0.05) is 33.0 Å². The van der Waals surface area contributed by atoms with Gasteiger partial charge in [-0.1, -0.05) is 97.1 Å². The molecule has 6 aromatic carbocycles. The Labute approximate surface area is 269 Å². The van der Waals surface area contributed by atoms with Gasteiger partial charge >= 0.3 is 0 Å². The van der Waals surface area contributed by atoms with Crippen LogP contribution in [0, 0.1) is 10.8 Å². The summed E-state index contributed by atoms with van der Waals surface area (Å²) in [5.74, 6) is 1.69. The fourth-order valence-electron chi connectivity index (χ4n) is 6.39. The second-order valence-corrected chi connectivity index (χ2v) is 11.6. The van der Waals surface area contributed by atoms with Crippen LogP contribution in [0.5, 0.6) is 0 Å². The van der Waals surface area contributed by atoms with Gasteiger partial charge in [-0.15, -0.1) is 0 Å². The lowest BCUT2D eigenvalue weighted by Crippen LogP contribution is -2.16. The van der Waals surface area contributed by atoms with Crippen molar-refractivity contribution in [3.63, 3.8) is 0 Å². The van der Waals surface area contributed by atoms with Crippen molar-refractivity contribution in [3.8, 4) is 45.3 Å². The summed E-state index contributed by atoms with van der Waals surface area (Å²) in [6, 6.07) is 42.8. The number of rotatable bonds is 4. The van der Waals surface area contributed by atoms with Crippen molar-refractivity contribution in [2.45, 2.75) is 0 Å². The zero-order valence-electron chi connectivity index (χ0n) is 25.0. The quantitative estimate of drug-likeness (QED) is 0.209. The molecule has 47 heavy (non-hydrogen) atoms. The van der Waals surface area contributed by atoms with E-state index < -0.39 is 0 Å². The molecule has 0 spiro atoms. The van der Waals surface area contributed by atoms with Gasteiger partial charge < -0.3 is 4.42 Å². The molecule has 1 aliphatic rings. The normalized spacial score (nSPS) is 12.7. The molecule has 0 bridgehead atoms. The maximum atomic E-state index is 8.58. The van der Waals surface area contributed by atoms with Crippen molar-refractivity contribution in [3.05, 3.63) is 145 Å². The number of fused-ring (bicyclic) bond motifs is 6. The molecule has 6 nitrogen and oxygen atoms in total. The van der Waals surface area contributed by atoms with E-state index in [1.165, 1.54) is 0 Å². The summed E-state index contributed by atoms with van der Waals surface area (Å²) in [5, 5.41) is 20.7. The molecule has 2 heterocycles. The van der Waals surface area contributed by atoms with Crippen LogP contribution in [-0.4, -0.2) is 26.4 Å². The third-order valence-electron chi connectivity index (χ3n) is 8.76. The van der Waals surface area contributed by atoms with Gasteiger partial charge in [-0.25, -0.2) is 15.0 Å². The van der Waals surface area contributed by atoms with Crippen molar-refractivity contribution >= 4 is 50.2 Å². The van der Waals surface area contributed by atoms with Crippen LogP contribution >= 0.6 is 0 Å². The number of aromatic nitrogens is 3. The summed E-state index contributed by atoms with van der Waals surface area (Å²) >= 11 is 0. The number of allylic oxidation sites excluding steroid dienone is 1. The highest BCUT2D eigenvalue weighted by Gasteiger charge is 2.19. The van der Waals surface area contributed by atoms with Crippen LogP contribution in [0.3, 0.4) is 0 Å². The second kappa shape index (κ2) is 10.5. The highest BCUT2D eigenvalue weighted by Crippen LogP contribution is 2.35. The number of furan rings is 1. The third kappa shape index (κ3) is 4.54. The highest BCUT2D eigenvalue weighted by molar-refractivity contribution is 6.53. The van der Waals surface area contributed by atoms with E-state index in [1.807, 2.05) is 84.9 Å². The van der Waals surface area contributed by atoms with Crippen LogP contribution < -0.4 is 0 Å². The lowest BCUT2D eigenvalue weighted by Gasteiger charge is -2.16. The van der Waals surface area contributed by atoms with E-state index in [1.54, 1.807) is 6.08 Å². The van der Waals surface area contributed by atoms with Crippen LogP contribution in [0.1, 0.15) is 11.1 Å². The molecular formula is C41H25N5O. The fourth-order valence-corrected chi connectivity index (χ4v) is 6.39. The van der Waals surface area contributed by atoms with Gasteiger partial charge in [-0.3, -0.25) is 10.8 Å². The van der Waals surface area contributed by atoms with Crippen molar-refractivity contribution in [1.82, 2.24) is 15.0 Å². The SMILES string of the molecule is N=C1C=Cc2ccc3cc(-c4nc(-c5cccc(-c6ccccc6)c5)nc(-c5ccc6oc7ccccc7c6c5)n4)ccc3c2C1=N. The zero-order chi connectivity index (χ0) is 31.5. The standard InChI is InChI=1S/C41H25N5O/c42-34-19-16-25-13-14-27-22-29(15-18-31(27)37(25)38(34)43)40-44-39(28-10-6-9-26(21-28)24-7-2-1-3-8-24)45-41(46-40)30-17-20-36-33(23-30)32-11-4-5-12-35(32)47-36/h1-23,42-43H. The first-order valence-corrected chi connectivity index (χ1v) is 15.4. The molecule has 9 rings (SSSR count). The molecule has 220 valence electrons. The molecule has 1 aliphatic carbocycles.